The van der Waals surface area contributed by atoms with Gasteiger partial charge in [0.1, 0.15) is 12.4 Å². The summed E-state index contributed by atoms with van der Waals surface area (Å²) in [6, 6.07) is 11.0. The van der Waals surface area contributed by atoms with Crippen molar-refractivity contribution in [2.24, 2.45) is 0 Å². The molecule has 10 nitrogen and oxygen atoms in total. The number of aryl methyl sites for hydroxylation is 1. The highest BCUT2D eigenvalue weighted by Crippen LogP contribution is 2.34. The molecule has 0 bridgehead atoms. The van der Waals surface area contributed by atoms with Gasteiger partial charge in [-0.2, -0.15) is 17.6 Å². The minimum absolute atomic E-state index is 0.175. The molecule has 0 aliphatic carbocycles. The second kappa shape index (κ2) is 9.28. The quantitative estimate of drug-likeness (QED) is 0.546. The lowest BCUT2D eigenvalue weighted by molar-refractivity contribution is -0.122. The summed E-state index contributed by atoms with van der Waals surface area (Å²) in [5.74, 6) is 0.583. The van der Waals surface area contributed by atoms with Crippen LogP contribution in [0.2, 0.25) is 0 Å². The highest BCUT2D eigenvalue weighted by atomic mass is 32.2. The fraction of sp³-hybridized carbons (Fsp3) is 0.364. The van der Waals surface area contributed by atoms with Gasteiger partial charge in [-0.1, -0.05) is 0 Å². The van der Waals surface area contributed by atoms with E-state index in [2.05, 4.69) is 20.2 Å². The number of ether oxygens (including phenoxy) is 1. The highest BCUT2D eigenvalue weighted by Gasteiger charge is 2.26. The van der Waals surface area contributed by atoms with Crippen LogP contribution in [0, 0.1) is 6.92 Å². The number of carboxylic acid groups (broad SMARTS) is 1. The average Bonchev–Trinajstić information content (AvgIpc) is 3.17. The van der Waals surface area contributed by atoms with Gasteiger partial charge < -0.3 is 25.0 Å². The standard InChI is InChI=1S/C21H25N5O3S.CH2O2/c1-15-18-5-3-16(25-9-7-22-8-10-25)13-20(18)26(23-15)30(27,28)17-4-6-19-21(14-17)29-12-11-24(19)2;2-1-3/h3-6,13-14,22H,7-12H2,1-2H3;1H,(H,2,3). The maximum atomic E-state index is 13.5. The third kappa shape index (κ3) is 4.33. The predicted octanol–water partition coefficient (Wildman–Crippen LogP) is 1.52. The van der Waals surface area contributed by atoms with E-state index in [0.29, 0.717) is 23.6 Å². The largest absolute Gasteiger partial charge is 0.490 e. The number of fused-ring (bicyclic) bond motifs is 2. The highest BCUT2D eigenvalue weighted by molar-refractivity contribution is 7.90. The molecule has 0 saturated carbocycles. The molecule has 1 saturated heterocycles. The number of anilines is 2. The number of likely N-dealkylation sites (N-methyl/N-ethyl adjacent to an activating group) is 1. The number of hydrogen-bond acceptors (Lipinski definition) is 8. The number of nitrogens with zero attached hydrogens (tertiary/aromatic N) is 4. The first-order valence-electron chi connectivity index (χ1n) is 10.6. The van der Waals surface area contributed by atoms with Crippen LogP contribution in [0.1, 0.15) is 5.69 Å². The topological polar surface area (TPSA) is 117 Å². The fourth-order valence-electron chi connectivity index (χ4n) is 4.13. The third-order valence-electron chi connectivity index (χ3n) is 5.85. The molecule has 0 atom stereocenters. The molecule has 33 heavy (non-hydrogen) atoms. The maximum absolute atomic E-state index is 13.5. The van der Waals surface area contributed by atoms with Crippen molar-refractivity contribution in [3.63, 3.8) is 0 Å². The van der Waals surface area contributed by atoms with Crippen LogP contribution in [0.5, 0.6) is 5.75 Å². The maximum Gasteiger partial charge on any atom is 0.290 e. The molecule has 176 valence electrons. The molecule has 11 heteroatoms. The summed E-state index contributed by atoms with van der Waals surface area (Å²) in [6.07, 6.45) is 0. The van der Waals surface area contributed by atoms with E-state index in [1.165, 1.54) is 0 Å². The van der Waals surface area contributed by atoms with Gasteiger partial charge >= 0.3 is 0 Å². The molecule has 3 aromatic rings. The molecule has 1 fully saturated rings. The molecule has 2 aromatic carbocycles. The van der Waals surface area contributed by atoms with E-state index in [0.717, 1.165) is 53.6 Å². The van der Waals surface area contributed by atoms with Gasteiger partial charge in [-0.3, -0.25) is 4.79 Å². The summed E-state index contributed by atoms with van der Waals surface area (Å²) < 4.78 is 33.9. The minimum atomic E-state index is -3.87. The van der Waals surface area contributed by atoms with Gasteiger partial charge in [-0.05, 0) is 37.3 Å². The van der Waals surface area contributed by atoms with Crippen molar-refractivity contribution in [3.05, 3.63) is 42.1 Å². The zero-order valence-corrected chi connectivity index (χ0v) is 19.4. The van der Waals surface area contributed by atoms with Gasteiger partial charge in [0.15, 0.2) is 0 Å². The molecular formula is C22H27N5O5S. The minimum Gasteiger partial charge on any atom is -0.490 e. The second-order valence-corrected chi connectivity index (χ2v) is 9.64. The van der Waals surface area contributed by atoms with E-state index in [1.807, 2.05) is 32.2 Å². The Morgan fingerprint density at radius 2 is 1.85 bits per heavy atom. The normalized spacial score (nSPS) is 15.9. The molecule has 0 unspecified atom stereocenters. The summed E-state index contributed by atoms with van der Waals surface area (Å²) >= 11 is 0. The van der Waals surface area contributed by atoms with E-state index < -0.39 is 10.0 Å². The first kappa shape index (κ1) is 22.9. The van der Waals surface area contributed by atoms with E-state index in [9.17, 15) is 8.42 Å². The number of hydrogen-bond donors (Lipinski definition) is 2. The number of aromatic nitrogens is 2. The van der Waals surface area contributed by atoms with Crippen molar-refractivity contribution >= 4 is 38.8 Å². The molecule has 2 aliphatic rings. The number of benzene rings is 2. The Kier molecular flexibility index (Phi) is 6.43. The van der Waals surface area contributed by atoms with Gasteiger partial charge in [0.2, 0.25) is 0 Å². The van der Waals surface area contributed by atoms with E-state index in [-0.39, 0.29) is 11.4 Å². The molecule has 2 N–H and O–H groups in total. The fourth-order valence-corrected chi connectivity index (χ4v) is 5.47. The van der Waals surface area contributed by atoms with Gasteiger partial charge in [-0.15, -0.1) is 0 Å². The van der Waals surface area contributed by atoms with Crippen LogP contribution < -0.4 is 19.9 Å². The second-order valence-electron chi connectivity index (χ2n) is 7.88. The van der Waals surface area contributed by atoms with Gasteiger partial charge in [0, 0.05) is 50.4 Å². The van der Waals surface area contributed by atoms with E-state index in [4.69, 9.17) is 14.6 Å². The monoisotopic (exact) mass is 473 g/mol. The molecular weight excluding hydrogens is 446 g/mol. The van der Waals surface area contributed by atoms with Crippen molar-refractivity contribution in [2.75, 3.05) is 56.2 Å². The Bertz CT molecular complexity index is 1270. The lowest BCUT2D eigenvalue weighted by Gasteiger charge is -2.29. The molecule has 0 spiro atoms. The van der Waals surface area contributed by atoms with Gasteiger partial charge in [-0.25, -0.2) is 0 Å². The lowest BCUT2D eigenvalue weighted by atomic mass is 10.2. The van der Waals surface area contributed by atoms with Crippen molar-refractivity contribution in [3.8, 4) is 5.75 Å². The summed E-state index contributed by atoms with van der Waals surface area (Å²) in [6.45, 7) is 6.50. The number of rotatable bonds is 3. The first-order valence-corrected chi connectivity index (χ1v) is 12.1. The van der Waals surface area contributed by atoms with E-state index in [1.54, 1.807) is 18.2 Å². The van der Waals surface area contributed by atoms with Crippen LogP contribution in [0.4, 0.5) is 11.4 Å². The summed E-state index contributed by atoms with van der Waals surface area (Å²) in [4.78, 5) is 12.9. The lowest BCUT2D eigenvalue weighted by Crippen LogP contribution is -2.43. The SMILES string of the molecule is Cc1nn(S(=O)(=O)c2ccc3c(c2)OCCN3C)c2cc(N3CCNCC3)ccc12.O=CO. The molecule has 0 radical (unpaired) electrons. The van der Waals surface area contributed by atoms with Gasteiger partial charge in [0.05, 0.1) is 28.3 Å². The van der Waals surface area contributed by atoms with Crippen molar-refractivity contribution in [2.45, 2.75) is 11.8 Å². The molecule has 1 aromatic heterocycles. The Hall–Kier alpha value is -3.31. The Morgan fingerprint density at radius 3 is 2.58 bits per heavy atom. The number of piperazine rings is 1. The van der Waals surface area contributed by atoms with Crippen LogP contribution in [0.15, 0.2) is 41.3 Å². The number of nitrogens with one attached hydrogen (secondary N) is 1. The van der Waals surface area contributed by atoms with Crippen LogP contribution in [-0.2, 0) is 14.8 Å². The van der Waals surface area contributed by atoms with Crippen LogP contribution in [-0.4, -0.2) is 75.6 Å². The average molecular weight is 474 g/mol. The Labute approximate surface area is 192 Å². The van der Waals surface area contributed by atoms with Gasteiger partial charge in [0.25, 0.3) is 16.5 Å². The zero-order chi connectivity index (χ0) is 23.6. The zero-order valence-electron chi connectivity index (χ0n) is 18.6. The Balaban J connectivity index is 0.000000821. The third-order valence-corrected chi connectivity index (χ3v) is 7.44. The smallest absolute Gasteiger partial charge is 0.290 e. The molecule has 5 rings (SSSR count). The Morgan fingerprint density at radius 1 is 1.12 bits per heavy atom. The van der Waals surface area contributed by atoms with Crippen molar-refractivity contribution in [1.29, 1.82) is 0 Å². The first-order chi connectivity index (χ1) is 15.9. The molecule has 3 heterocycles. The molecule has 0 amide bonds. The molecule has 2 aliphatic heterocycles. The van der Waals surface area contributed by atoms with Crippen LogP contribution >= 0.6 is 0 Å². The van der Waals surface area contributed by atoms with Crippen LogP contribution in [0.25, 0.3) is 10.9 Å². The van der Waals surface area contributed by atoms with Crippen molar-refractivity contribution in [1.82, 2.24) is 14.5 Å². The van der Waals surface area contributed by atoms with Crippen LogP contribution in [0.3, 0.4) is 0 Å². The predicted molar refractivity (Wildman–Crippen MR) is 126 cm³/mol. The summed E-state index contributed by atoms with van der Waals surface area (Å²) in [7, 11) is -1.90. The number of carbonyl (C=O) groups is 1. The summed E-state index contributed by atoms with van der Waals surface area (Å²) in [5.41, 5.74) is 3.19. The van der Waals surface area contributed by atoms with E-state index >= 15 is 0 Å². The van der Waals surface area contributed by atoms with Crippen molar-refractivity contribution < 1.29 is 23.1 Å². The summed E-state index contributed by atoms with van der Waals surface area (Å²) in [5, 5.41) is 15.5.